The number of methoxy groups -OCH3 is 2. The van der Waals surface area contributed by atoms with Crippen molar-refractivity contribution in [3.63, 3.8) is 0 Å². The largest absolute Gasteiger partial charge is 0.497 e. The first-order valence-corrected chi connectivity index (χ1v) is 8.76. The molecular formula is C19H27NO5. The summed E-state index contributed by atoms with van der Waals surface area (Å²) >= 11 is 0. The number of aryl methyl sites for hydroxylation is 1. The number of carboxylic acids is 1. The van der Waals surface area contributed by atoms with Gasteiger partial charge in [0.1, 0.15) is 11.5 Å². The Morgan fingerprint density at radius 3 is 2.40 bits per heavy atom. The minimum Gasteiger partial charge on any atom is -0.497 e. The second-order valence-corrected chi connectivity index (χ2v) is 6.39. The Balaban J connectivity index is 1.96. The van der Waals surface area contributed by atoms with Crippen molar-refractivity contribution in [2.75, 3.05) is 20.8 Å². The Hall–Kier alpha value is -2.24. The van der Waals surface area contributed by atoms with Crippen molar-refractivity contribution in [1.82, 2.24) is 4.90 Å². The molecule has 6 heteroatoms. The van der Waals surface area contributed by atoms with E-state index in [0.717, 1.165) is 31.4 Å². The lowest BCUT2D eigenvalue weighted by molar-refractivity contribution is -0.140. The van der Waals surface area contributed by atoms with Crippen LogP contribution in [0.3, 0.4) is 0 Å². The van der Waals surface area contributed by atoms with Crippen LogP contribution in [0.2, 0.25) is 0 Å². The van der Waals surface area contributed by atoms with Crippen LogP contribution in [-0.4, -0.2) is 48.7 Å². The van der Waals surface area contributed by atoms with Crippen LogP contribution in [0.25, 0.3) is 0 Å². The molecule has 0 saturated carbocycles. The summed E-state index contributed by atoms with van der Waals surface area (Å²) in [5, 5.41) is 8.89. The molecule has 6 nitrogen and oxygen atoms in total. The van der Waals surface area contributed by atoms with E-state index < -0.39 is 5.97 Å². The molecule has 0 bridgehead atoms. The van der Waals surface area contributed by atoms with Gasteiger partial charge in [0.25, 0.3) is 0 Å². The molecule has 138 valence electrons. The maximum atomic E-state index is 12.7. The van der Waals surface area contributed by atoms with Crippen LogP contribution < -0.4 is 9.47 Å². The number of rotatable bonds is 8. The van der Waals surface area contributed by atoms with Gasteiger partial charge in [-0.2, -0.15) is 0 Å². The van der Waals surface area contributed by atoms with E-state index in [1.807, 2.05) is 17.0 Å². The Kier molecular flexibility index (Phi) is 7.10. The van der Waals surface area contributed by atoms with Gasteiger partial charge < -0.3 is 19.5 Å². The van der Waals surface area contributed by atoms with Gasteiger partial charge in [-0.15, -0.1) is 0 Å². The Morgan fingerprint density at radius 1 is 1.12 bits per heavy atom. The number of carboxylic acid groups (broad SMARTS) is 1. The third kappa shape index (κ3) is 5.66. The highest BCUT2D eigenvalue weighted by Crippen LogP contribution is 2.25. The van der Waals surface area contributed by atoms with Crippen molar-refractivity contribution in [2.24, 2.45) is 0 Å². The van der Waals surface area contributed by atoms with Crippen molar-refractivity contribution < 1.29 is 24.2 Å². The fourth-order valence-electron chi connectivity index (χ4n) is 3.32. The summed E-state index contributed by atoms with van der Waals surface area (Å²) in [5.74, 6) is 0.705. The fourth-order valence-corrected chi connectivity index (χ4v) is 3.32. The lowest BCUT2D eigenvalue weighted by Gasteiger charge is -2.35. The molecule has 1 N–H and O–H groups in total. The molecule has 1 unspecified atom stereocenters. The third-order valence-electron chi connectivity index (χ3n) is 4.68. The number of hydrogen-bond donors (Lipinski definition) is 1. The van der Waals surface area contributed by atoms with Gasteiger partial charge in [-0.1, -0.05) is 0 Å². The van der Waals surface area contributed by atoms with Gasteiger partial charge in [0.15, 0.2) is 0 Å². The monoisotopic (exact) mass is 349 g/mol. The first-order valence-electron chi connectivity index (χ1n) is 8.76. The number of benzene rings is 1. The number of amides is 1. The average molecular weight is 349 g/mol. The van der Waals surface area contributed by atoms with Gasteiger partial charge in [-0.3, -0.25) is 9.59 Å². The number of aliphatic carboxylic acids is 1. The summed E-state index contributed by atoms with van der Waals surface area (Å²) in [5.41, 5.74) is 0.989. The molecule has 0 spiro atoms. The van der Waals surface area contributed by atoms with Crippen LogP contribution >= 0.6 is 0 Å². The van der Waals surface area contributed by atoms with Crippen molar-refractivity contribution in [2.45, 2.75) is 51.0 Å². The van der Waals surface area contributed by atoms with Gasteiger partial charge >= 0.3 is 5.97 Å². The molecule has 1 heterocycles. The predicted octanol–water partition coefficient (Wildman–Crippen LogP) is 2.88. The van der Waals surface area contributed by atoms with E-state index in [-0.39, 0.29) is 18.4 Å². The van der Waals surface area contributed by atoms with E-state index >= 15 is 0 Å². The van der Waals surface area contributed by atoms with E-state index in [4.69, 9.17) is 14.6 Å². The molecule has 1 amide bonds. The topological polar surface area (TPSA) is 76.1 Å². The number of carbonyl (C=O) groups is 2. The molecule has 25 heavy (non-hydrogen) atoms. The summed E-state index contributed by atoms with van der Waals surface area (Å²) in [4.78, 5) is 25.4. The normalized spacial score (nSPS) is 17.2. The molecule has 1 saturated heterocycles. The van der Waals surface area contributed by atoms with Crippen molar-refractivity contribution in [1.29, 1.82) is 0 Å². The minimum absolute atomic E-state index is 0.0530. The third-order valence-corrected chi connectivity index (χ3v) is 4.68. The van der Waals surface area contributed by atoms with E-state index in [0.29, 0.717) is 30.8 Å². The maximum Gasteiger partial charge on any atom is 0.303 e. The molecule has 1 fully saturated rings. The number of hydrogen-bond acceptors (Lipinski definition) is 4. The van der Waals surface area contributed by atoms with Crippen LogP contribution in [0.15, 0.2) is 18.2 Å². The highest BCUT2D eigenvalue weighted by molar-refractivity contribution is 5.77. The zero-order chi connectivity index (χ0) is 18.2. The van der Waals surface area contributed by atoms with Crippen molar-refractivity contribution in [3.8, 4) is 11.5 Å². The van der Waals surface area contributed by atoms with Crippen molar-refractivity contribution in [3.05, 3.63) is 23.8 Å². The zero-order valence-corrected chi connectivity index (χ0v) is 15.0. The Morgan fingerprint density at radius 2 is 1.80 bits per heavy atom. The molecule has 1 aromatic carbocycles. The molecular weight excluding hydrogens is 322 g/mol. The molecule has 1 aromatic rings. The highest BCUT2D eigenvalue weighted by atomic mass is 16.5. The Labute approximate surface area is 148 Å². The quantitative estimate of drug-likeness (QED) is 0.781. The number of ether oxygens (including phenoxy) is 2. The van der Waals surface area contributed by atoms with Gasteiger partial charge in [0, 0.05) is 31.5 Å². The van der Waals surface area contributed by atoms with E-state index in [1.54, 1.807) is 20.3 Å². The predicted molar refractivity (Wildman–Crippen MR) is 94.1 cm³/mol. The fraction of sp³-hybridized carbons (Fsp3) is 0.579. The van der Waals surface area contributed by atoms with Gasteiger partial charge in [0.2, 0.25) is 5.91 Å². The van der Waals surface area contributed by atoms with Crippen LogP contribution in [0.1, 0.15) is 44.1 Å². The SMILES string of the molecule is COc1cc(CCC(=O)N2CCCCC2CCC(=O)O)cc(OC)c1. The molecule has 0 aromatic heterocycles. The zero-order valence-electron chi connectivity index (χ0n) is 15.0. The summed E-state index contributed by atoms with van der Waals surface area (Å²) in [6.07, 6.45) is 4.60. The second-order valence-electron chi connectivity index (χ2n) is 6.39. The molecule has 0 radical (unpaired) electrons. The van der Waals surface area contributed by atoms with Crippen LogP contribution in [-0.2, 0) is 16.0 Å². The van der Waals surface area contributed by atoms with Gasteiger partial charge in [-0.25, -0.2) is 0 Å². The summed E-state index contributed by atoms with van der Waals surface area (Å²) < 4.78 is 10.5. The second kappa shape index (κ2) is 9.30. The molecule has 1 aliphatic rings. The first kappa shape index (κ1) is 19.1. The van der Waals surface area contributed by atoms with Crippen LogP contribution in [0.4, 0.5) is 0 Å². The molecule has 2 rings (SSSR count). The number of nitrogens with zero attached hydrogens (tertiary/aromatic N) is 1. The van der Waals surface area contributed by atoms with E-state index in [2.05, 4.69) is 0 Å². The first-order chi connectivity index (χ1) is 12.0. The summed E-state index contributed by atoms with van der Waals surface area (Å²) in [7, 11) is 3.20. The number of likely N-dealkylation sites (tertiary alicyclic amines) is 1. The number of piperidine rings is 1. The molecule has 1 atom stereocenters. The number of carbonyl (C=O) groups excluding carboxylic acids is 1. The van der Waals surface area contributed by atoms with Gasteiger partial charge in [-0.05, 0) is 49.8 Å². The summed E-state index contributed by atoms with van der Waals surface area (Å²) in [6, 6.07) is 5.68. The smallest absolute Gasteiger partial charge is 0.303 e. The standard InChI is InChI=1S/C19H27NO5/c1-24-16-11-14(12-17(13-16)25-2)6-8-18(21)20-10-4-3-5-15(20)7-9-19(22)23/h11-13,15H,3-10H2,1-2H3,(H,22,23). The van der Waals surface area contributed by atoms with E-state index in [1.165, 1.54) is 0 Å². The lowest BCUT2D eigenvalue weighted by Crippen LogP contribution is -2.44. The molecule has 1 aliphatic heterocycles. The van der Waals surface area contributed by atoms with Gasteiger partial charge in [0.05, 0.1) is 14.2 Å². The van der Waals surface area contributed by atoms with Crippen molar-refractivity contribution >= 4 is 11.9 Å². The molecule has 0 aliphatic carbocycles. The summed E-state index contributed by atoms with van der Waals surface area (Å²) in [6.45, 7) is 0.727. The van der Waals surface area contributed by atoms with Crippen LogP contribution in [0, 0.1) is 0 Å². The van der Waals surface area contributed by atoms with E-state index in [9.17, 15) is 9.59 Å². The lowest BCUT2D eigenvalue weighted by atomic mass is 9.97. The highest BCUT2D eigenvalue weighted by Gasteiger charge is 2.26. The minimum atomic E-state index is -0.804. The maximum absolute atomic E-state index is 12.7. The average Bonchev–Trinajstić information content (AvgIpc) is 2.64. The van der Waals surface area contributed by atoms with Crippen LogP contribution in [0.5, 0.6) is 11.5 Å². The Bertz CT molecular complexity index is 579.